The molecule has 0 aliphatic heterocycles. The molecule has 0 aliphatic carbocycles. The Morgan fingerprint density at radius 3 is 2.86 bits per heavy atom. The van der Waals surface area contributed by atoms with Gasteiger partial charge in [-0.3, -0.25) is 0 Å². The summed E-state index contributed by atoms with van der Waals surface area (Å²) in [6.45, 7) is 0. The Morgan fingerprint density at radius 1 is 1.07 bits per heavy atom. The summed E-state index contributed by atoms with van der Waals surface area (Å²) in [6, 6.07) is 9.60. The zero-order chi connectivity index (χ0) is 9.38. The topological polar surface area (TPSA) is 48.5 Å². The molecule has 1 aromatic carbocycles. The van der Waals surface area contributed by atoms with Gasteiger partial charge in [-0.15, -0.1) is 9.89 Å². The minimum absolute atomic E-state index is 0.864. The Balaban J connectivity index is 2.33. The second kappa shape index (κ2) is 2.66. The molecule has 0 unspecified atom stereocenters. The molecule has 68 valence electrons. The maximum atomic E-state index is 4.09. The van der Waals surface area contributed by atoms with E-state index in [4.69, 9.17) is 0 Å². The van der Waals surface area contributed by atoms with Crippen LogP contribution in [0.3, 0.4) is 0 Å². The van der Waals surface area contributed by atoms with E-state index < -0.39 is 0 Å². The lowest BCUT2D eigenvalue weighted by molar-refractivity contribution is 0.506. The van der Waals surface area contributed by atoms with Gasteiger partial charge in [0.2, 0.25) is 0 Å². The molecule has 14 heavy (non-hydrogen) atoms. The van der Waals surface area contributed by atoms with Crippen LogP contribution >= 0.6 is 0 Å². The van der Waals surface area contributed by atoms with E-state index in [0.29, 0.717) is 0 Å². The number of para-hydroxylation sites is 1. The molecule has 0 spiro atoms. The van der Waals surface area contributed by atoms with Crippen molar-refractivity contribution >= 4 is 11.0 Å². The van der Waals surface area contributed by atoms with Crippen molar-refractivity contribution in [3.05, 3.63) is 42.7 Å². The van der Waals surface area contributed by atoms with E-state index in [1.165, 1.54) is 0 Å². The van der Waals surface area contributed by atoms with E-state index in [2.05, 4.69) is 15.4 Å². The van der Waals surface area contributed by atoms with Crippen LogP contribution in [0.2, 0.25) is 0 Å². The molecule has 0 amide bonds. The number of hydrogen-bond donors (Lipinski definition) is 0. The van der Waals surface area contributed by atoms with Crippen LogP contribution in [0.5, 0.6) is 0 Å². The number of hydrogen-bond acceptors (Lipinski definition) is 3. The minimum Gasteiger partial charge on any atom is -0.159 e. The fraction of sp³-hybridized carbons (Fsp3) is 0. The van der Waals surface area contributed by atoms with Crippen LogP contribution in [0.25, 0.3) is 11.0 Å². The van der Waals surface area contributed by atoms with E-state index in [1.807, 2.05) is 36.5 Å². The maximum absolute atomic E-state index is 4.09. The van der Waals surface area contributed by atoms with E-state index >= 15 is 0 Å². The Labute approximate surface area is 79.5 Å². The number of benzene rings is 1. The smallest absolute Gasteiger partial charge is 0.115 e. The van der Waals surface area contributed by atoms with E-state index in [0.717, 1.165) is 11.0 Å². The fourth-order valence-corrected chi connectivity index (χ4v) is 1.38. The molecular weight excluding hydrogens is 178 g/mol. The van der Waals surface area contributed by atoms with Gasteiger partial charge in [0.25, 0.3) is 0 Å². The molecule has 5 nitrogen and oxygen atoms in total. The predicted octanol–water partition coefficient (Wildman–Crippen LogP) is 0.939. The zero-order valence-electron chi connectivity index (χ0n) is 7.28. The van der Waals surface area contributed by atoms with Gasteiger partial charge in [-0.2, -0.15) is 9.89 Å². The molecule has 0 radical (unpaired) electrons. The fourth-order valence-electron chi connectivity index (χ4n) is 1.38. The number of nitrogens with zero attached hydrogens (tertiary/aromatic N) is 5. The summed E-state index contributed by atoms with van der Waals surface area (Å²) >= 11 is 0. The highest BCUT2D eigenvalue weighted by atomic mass is 15.7. The molecule has 3 aromatic rings. The largest absolute Gasteiger partial charge is 0.159 e. The Bertz CT molecular complexity index is 551. The Kier molecular flexibility index (Phi) is 1.38. The maximum Gasteiger partial charge on any atom is 0.115 e. The predicted molar refractivity (Wildman–Crippen MR) is 50.6 cm³/mol. The second-order valence-electron chi connectivity index (χ2n) is 2.89. The van der Waals surface area contributed by atoms with Crippen molar-refractivity contribution in [2.24, 2.45) is 0 Å². The quantitative estimate of drug-likeness (QED) is 0.566. The summed E-state index contributed by atoms with van der Waals surface area (Å²) in [6.07, 6.45) is 3.53. The highest BCUT2D eigenvalue weighted by Gasteiger charge is 2.03. The SMILES string of the molecule is c1ccc2c(c1)nnn2-n1cccn1. The van der Waals surface area contributed by atoms with Crippen molar-refractivity contribution in [1.82, 2.24) is 25.0 Å². The molecular formula is C9H7N5. The van der Waals surface area contributed by atoms with Crippen molar-refractivity contribution in [1.29, 1.82) is 0 Å². The Hall–Kier alpha value is -2.17. The van der Waals surface area contributed by atoms with Gasteiger partial charge in [0.15, 0.2) is 0 Å². The first-order chi connectivity index (χ1) is 6.95. The molecule has 0 saturated heterocycles. The summed E-state index contributed by atoms with van der Waals surface area (Å²) in [5, 5.41) is 12.1. The van der Waals surface area contributed by atoms with Gasteiger partial charge < -0.3 is 0 Å². The van der Waals surface area contributed by atoms with Crippen LogP contribution in [0.15, 0.2) is 42.7 Å². The third-order valence-corrected chi connectivity index (χ3v) is 2.02. The van der Waals surface area contributed by atoms with Gasteiger partial charge in [0.1, 0.15) is 11.0 Å². The molecule has 0 fully saturated rings. The van der Waals surface area contributed by atoms with Gasteiger partial charge in [-0.1, -0.05) is 12.1 Å². The first-order valence-corrected chi connectivity index (χ1v) is 4.26. The highest BCUT2D eigenvalue weighted by molar-refractivity contribution is 5.73. The Morgan fingerprint density at radius 2 is 2.00 bits per heavy atom. The van der Waals surface area contributed by atoms with E-state index in [-0.39, 0.29) is 0 Å². The molecule has 0 N–H and O–H groups in total. The summed E-state index contributed by atoms with van der Waals surface area (Å²) in [7, 11) is 0. The van der Waals surface area contributed by atoms with Gasteiger partial charge >= 0.3 is 0 Å². The summed E-state index contributed by atoms with van der Waals surface area (Å²) in [4.78, 5) is 3.28. The van der Waals surface area contributed by atoms with Crippen molar-refractivity contribution < 1.29 is 0 Å². The molecule has 2 heterocycles. The molecule has 3 rings (SSSR count). The summed E-state index contributed by atoms with van der Waals surface area (Å²) in [5.41, 5.74) is 1.80. The van der Waals surface area contributed by atoms with Crippen molar-refractivity contribution in [3.8, 4) is 0 Å². The third kappa shape index (κ3) is 0.922. The van der Waals surface area contributed by atoms with Gasteiger partial charge in [0.05, 0.1) is 12.4 Å². The van der Waals surface area contributed by atoms with Crippen molar-refractivity contribution in [2.75, 3.05) is 0 Å². The highest BCUT2D eigenvalue weighted by Crippen LogP contribution is 2.08. The minimum atomic E-state index is 0.864. The van der Waals surface area contributed by atoms with Gasteiger partial charge in [0, 0.05) is 0 Å². The monoisotopic (exact) mass is 185 g/mol. The van der Waals surface area contributed by atoms with Crippen LogP contribution in [-0.2, 0) is 0 Å². The number of fused-ring (bicyclic) bond motifs is 1. The zero-order valence-corrected chi connectivity index (χ0v) is 7.28. The van der Waals surface area contributed by atoms with Crippen molar-refractivity contribution in [3.63, 3.8) is 0 Å². The van der Waals surface area contributed by atoms with Crippen LogP contribution in [0.4, 0.5) is 0 Å². The molecule has 0 saturated carbocycles. The average Bonchev–Trinajstić information content (AvgIpc) is 2.85. The number of rotatable bonds is 1. The summed E-state index contributed by atoms with van der Waals surface area (Å²) in [5.74, 6) is 0. The third-order valence-electron chi connectivity index (χ3n) is 2.02. The van der Waals surface area contributed by atoms with Gasteiger partial charge in [-0.25, -0.2) is 0 Å². The van der Waals surface area contributed by atoms with Crippen LogP contribution in [-0.4, -0.2) is 25.0 Å². The molecule has 5 heteroatoms. The molecule has 0 bridgehead atoms. The second-order valence-corrected chi connectivity index (χ2v) is 2.89. The lowest BCUT2D eigenvalue weighted by Gasteiger charge is -1.99. The first-order valence-electron chi connectivity index (χ1n) is 4.26. The lowest BCUT2D eigenvalue weighted by Crippen LogP contribution is -2.10. The standard InChI is InChI=1S/C9H7N5/c1-2-5-9-8(4-1)11-12-14(9)13-7-3-6-10-13/h1-7H. The van der Waals surface area contributed by atoms with Crippen LogP contribution in [0, 0.1) is 0 Å². The normalized spacial score (nSPS) is 10.9. The van der Waals surface area contributed by atoms with Crippen LogP contribution in [0.1, 0.15) is 0 Å². The van der Waals surface area contributed by atoms with Gasteiger partial charge in [-0.05, 0) is 23.4 Å². The molecule has 2 aromatic heterocycles. The lowest BCUT2D eigenvalue weighted by atomic mass is 10.3. The van der Waals surface area contributed by atoms with Crippen LogP contribution < -0.4 is 0 Å². The first kappa shape index (κ1) is 7.25. The average molecular weight is 185 g/mol. The summed E-state index contributed by atoms with van der Waals surface area (Å²) < 4.78 is 0. The number of aromatic nitrogens is 5. The van der Waals surface area contributed by atoms with Crippen molar-refractivity contribution in [2.45, 2.75) is 0 Å². The molecule has 0 atom stereocenters. The van der Waals surface area contributed by atoms with E-state index in [9.17, 15) is 0 Å². The van der Waals surface area contributed by atoms with E-state index in [1.54, 1.807) is 15.8 Å². The molecule has 0 aliphatic rings.